The molecule has 0 radical (unpaired) electrons. The molecule has 7 heteroatoms. The first kappa shape index (κ1) is 16.1. The van der Waals surface area contributed by atoms with E-state index in [1.54, 1.807) is 6.92 Å². The summed E-state index contributed by atoms with van der Waals surface area (Å²) in [5.41, 5.74) is -1.50. The maximum absolute atomic E-state index is 12.7. The number of non-ortho nitro benzene ring substituents is 1. The number of aliphatic hydroxyl groups is 1. The highest BCUT2D eigenvalue weighted by Gasteiger charge is 2.51. The van der Waals surface area contributed by atoms with Crippen LogP contribution in [-0.2, 0) is 0 Å². The van der Waals surface area contributed by atoms with Crippen LogP contribution in [0.5, 0.6) is 0 Å². The molecule has 0 fully saturated rings. The zero-order valence-corrected chi connectivity index (χ0v) is 13.0. The number of hydrogen-bond acceptors (Lipinski definition) is 5. The van der Waals surface area contributed by atoms with Crippen LogP contribution in [0.1, 0.15) is 44.5 Å². The van der Waals surface area contributed by atoms with Crippen LogP contribution in [0, 0.1) is 15.5 Å². The predicted octanol–water partition coefficient (Wildman–Crippen LogP) is 2.55. The highest BCUT2D eigenvalue weighted by molar-refractivity contribution is 5.98. The topological polar surface area (TPSA) is 96.0 Å². The zero-order valence-electron chi connectivity index (χ0n) is 13.0. The van der Waals surface area contributed by atoms with Crippen LogP contribution in [0.4, 0.5) is 5.69 Å². The van der Waals surface area contributed by atoms with Crippen LogP contribution in [0.2, 0.25) is 0 Å². The van der Waals surface area contributed by atoms with Gasteiger partial charge in [-0.15, -0.1) is 0 Å². The third-order valence-corrected chi connectivity index (χ3v) is 3.82. The molecular formula is C15H19N3O4. The van der Waals surface area contributed by atoms with Gasteiger partial charge in [-0.2, -0.15) is 10.1 Å². The largest absolute Gasteiger partial charge is 0.368 e. The minimum absolute atomic E-state index is 0.121. The Morgan fingerprint density at radius 1 is 1.45 bits per heavy atom. The van der Waals surface area contributed by atoms with Crippen LogP contribution < -0.4 is 0 Å². The van der Waals surface area contributed by atoms with Crippen molar-refractivity contribution in [1.82, 2.24) is 5.01 Å². The van der Waals surface area contributed by atoms with Gasteiger partial charge in [0.2, 0.25) is 0 Å². The lowest BCUT2D eigenvalue weighted by molar-refractivity contribution is -0.384. The molecule has 0 bridgehead atoms. The number of rotatable bonds is 2. The molecule has 1 aromatic carbocycles. The Balaban J connectivity index is 2.43. The zero-order chi connectivity index (χ0) is 16.7. The highest BCUT2D eigenvalue weighted by atomic mass is 16.6. The molecule has 1 aliphatic heterocycles. The predicted molar refractivity (Wildman–Crippen MR) is 81.4 cm³/mol. The Hall–Kier alpha value is -2.28. The van der Waals surface area contributed by atoms with Gasteiger partial charge >= 0.3 is 0 Å². The Labute approximate surface area is 128 Å². The number of carbonyl (C=O) groups is 1. The average Bonchev–Trinajstić information content (AvgIpc) is 2.74. The van der Waals surface area contributed by atoms with Crippen molar-refractivity contribution in [2.75, 3.05) is 0 Å². The number of nitro benzene ring substituents is 1. The van der Waals surface area contributed by atoms with Crippen molar-refractivity contribution in [2.24, 2.45) is 10.5 Å². The number of hydrazone groups is 1. The molecule has 118 valence electrons. The summed E-state index contributed by atoms with van der Waals surface area (Å²) in [7, 11) is 0. The van der Waals surface area contributed by atoms with Crippen molar-refractivity contribution < 1.29 is 14.8 Å². The van der Waals surface area contributed by atoms with Crippen LogP contribution in [0.15, 0.2) is 29.4 Å². The molecule has 1 aromatic rings. The molecule has 0 spiro atoms. The van der Waals surface area contributed by atoms with Gasteiger partial charge in [-0.05, 0) is 13.0 Å². The normalized spacial score (nSPS) is 21.7. The summed E-state index contributed by atoms with van der Waals surface area (Å²) in [6, 6.07) is 5.41. The number of amides is 1. The van der Waals surface area contributed by atoms with Crippen LogP contribution in [-0.4, -0.2) is 32.4 Å². The summed E-state index contributed by atoms with van der Waals surface area (Å²) in [6.45, 7) is 7.18. The molecule has 0 aromatic heterocycles. The van der Waals surface area contributed by atoms with E-state index in [0.29, 0.717) is 5.71 Å². The van der Waals surface area contributed by atoms with Crippen molar-refractivity contribution >= 4 is 17.3 Å². The lowest BCUT2D eigenvalue weighted by Crippen LogP contribution is -2.54. The Bertz CT molecular complexity index is 663. The highest BCUT2D eigenvalue weighted by Crippen LogP contribution is 2.41. The van der Waals surface area contributed by atoms with Gasteiger partial charge < -0.3 is 5.11 Å². The first-order valence-corrected chi connectivity index (χ1v) is 6.92. The van der Waals surface area contributed by atoms with Crippen molar-refractivity contribution in [3.63, 3.8) is 0 Å². The molecule has 1 atom stereocenters. The van der Waals surface area contributed by atoms with E-state index in [4.69, 9.17) is 0 Å². The van der Waals surface area contributed by atoms with Gasteiger partial charge in [-0.25, -0.2) is 0 Å². The quantitative estimate of drug-likeness (QED) is 0.670. The monoisotopic (exact) mass is 305 g/mol. The number of hydrogen-bond donors (Lipinski definition) is 1. The van der Waals surface area contributed by atoms with Gasteiger partial charge in [0.15, 0.2) is 5.72 Å². The summed E-state index contributed by atoms with van der Waals surface area (Å²) in [6.07, 6.45) is 0.247. The van der Waals surface area contributed by atoms with E-state index in [-0.39, 0.29) is 17.7 Å². The molecular weight excluding hydrogens is 286 g/mol. The first-order valence-electron chi connectivity index (χ1n) is 6.92. The smallest absolute Gasteiger partial charge is 0.276 e. The van der Waals surface area contributed by atoms with E-state index in [9.17, 15) is 20.0 Å². The maximum atomic E-state index is 12.7. The fourth-order valence-corrected chi connectivity index (χ4v) is 2.39. The van der Waals surface area contributed by atoms with Crippen molar-refractivity contribution in [3.8, 4) is 0 Å². The van der Waals surface area contributed by atoms with Crippen molar-refractivity contribution in [2.45, 2.75) is 39.8 Å². The Morgan fingerprint density at radius 2 is 2.09 bits per heavy atom. The molecule has 0 saturated heterocycles. The van der Waals surface area contributed by atoms with Gasteiger partial charge in [0.25, 0.3) is 11.6 Å². The number of nitro groups is 1. The van der Waals surface area contributed by atoms with Crippen molar-refractivity contribution in [3.05, 3.63) is 39.9 Å². The standard InChI is InChI=1S/C15H19N3O4/c1-10-9-15(20,14(2,3)4)17(16-10)13(19)11-6-5-7-12(8-11)18(21)22/h5-8,20H,9H2,1-4H3/t15-/m1/s1. The third-order valence-electron chi connectivity index (χ3n) is 3.82. The number of benzene rings is 1. The molecule has 1 aliphatic rings. The van der Waals surface area contributed by atoms with Gasteiger partial charge in [0.05, 0.1) is 4.92 Å². The number of carbonyl (C=O) groups excluding carboxylic acids is 1. The maximum Gasteiger partial charge on any atom is 0.276 e. The van der Waals surface area contributed by atoms with E-state index < -0.39 is 22.0 Å². The molecule has 22 heavy (non-hydrogen) atoms. The van der Waals surface area contributed by atoms with Crippen LogP contribution >= 0.6 is 0 Å². The minimum atomic E-state index is -1.46. The first-order chi connectivity index (χ1) is 10.1. The van der Waals surface area contributed by atoms with Crippen LogP contribution in [0.25, 0.3) is 0 Å². The summed E-state index contributed by atoms with van der Waals surface area (Å²) in [5, 5.41) is 26.9. The van der Waals surface area contributed by atoms with E-state index >= 15 is 0 Å². The summed E-state index contributed by atoms with van der Waals surface area (Å²) < 4.78 is 0. The van der Waals surface area contributed by atoms with E-state index in [0.717, 1.165) is 5.01 Å². The van der Waals surface area contributed by atoms with Crippen LogP contribution in [0.3, 0.4) is 0 Å². The third kappa shape index (κ3) is 2.59. The molecule has 0 saturated carbocycles. The molecule has 1 heterocycles. The summed E-state index contributed by atoms with van der Waals surface area (Å²) in [4.78, 5) is 22.9. The molecule has 0 aliphatic carbocycles. The molecule has 1 amide bonds. The van der Waals surface area contributed by atoms with Crippen molar-refractivity contribution in [1.29, 1.82) is 0 Å². The number of nitrogens with zero attached hydrogens (tertiary/aromatic N) is 3. The second kappa shape index (κ2) is 5.17. The lowest BCUT2D eigenvalue weighted by Gasteiger charge is -2.41. The Kier molecular flexibility index (Phi) is 3.78. The average molecular weight is 305 g/mol. The van der Waals surface area contributed by atoms with Gasteiger partial charge in [-0.1, -0.05) is 26.8 Å². The van der Waals surface area contributed by atoms with E-state index in [2.05, 4.69) is 5.10 Å². The molecule has 0 unspecified atom stereocenters. The lowest BCUT2D eigenvalue weighted by atomic mass is 9.80. The second-order valence-electron chi connectivity index (χ2n) is 6.50. The van der Waals surface area contributed by atoms with E-state index in [1.807, 2.05) is 20.8 Å². The summed E-state index contributed by atoms with van der Waals surface area (Å²) >= 11 is 0. The molecule has 2 rings (SSSR count). The second-order valence-corrected chi connectivity index (χ2v) is 6.50. The summed E-state index contributed by atoms with van der Waals surface area (Å²) in [5.74, 6) is -0.557. The minimum Gasteiger partial charge on any atom is -0.368 e. The van der Waals surface area contributed by atoms with E-state index in [1.165, 1.54) is 24.3 Å². The SMILES string of the molecule is CC1=NN(C(=O)c2cccc([N+](=O)[O-])c2)[C@](O)(C(C)(C)C)C1. The fourth-order valence-electron chi connectivity index (χ4n) is 2.39. The van der Waals surface area contributed by atoms with Gasteiger partial charge in [0, 0.05) is 35.2 Å². The van der Waals surface area contributed by atoms with Gasteiger partial charge in [0.1, 0.15) is 0 Å². The molecule has 7 nitrogen and oxygen atoms in total. The van der Waals surface area contributed by atoms with Gasteiger partial charge in [-0.3, -0.25) is 14.9 Å². The molecule has 1 N–H and O–H groups in total. The Morgan fingerprint density at radius 3 is 2.64 bits per heavy atom. The fraction of sp³-hybridized carbons (Fsp3) is 0.467.